The van der Waals surface area contributed by atoms with Crippen molar-refractivity contribution in [3.05, 3.63) is 29.3 Å². The number of hydrogen-bond donors (Lipinski definition) is 0. The van der Waals surface area contributed by atoms with Crippen LogP contribution in [-0.4, -0.2) is 24.1 Å². The molecule has 4 nitrogen and oxygen atoms in total. The third-order valence-electron chi connectivity index (χ3n) is 2.03. The van der Waals surface area contributed by atoms with E-state index in [0.717, 1.165) is 10.7 Å². The maximum atomic E-state index is 8.91. The quantitative estimate of drug-likeness (QED) is 0.793. The first-order chi connectivity index (χ1) is 7.70. The molecule has 2 aromatic rings. The van der Waals surface area contributed by atoms with Crippen LogP contribution in [0.4, 0.5) is 5.82 Å². The lowest BCUT2D eigenvalue weighted by Gasteiger charge is -2.11. The van der Waals surface area contributed by atoms with Crippen molar-refractivity contribution in [2.75, 3.05) is 19.0 Å². The number of anilines is 1. The van der Waals surface area contributed by atoms with Crippen molar-refractivity contribution in [2.45, 2.75) is 0 Å². The van der Waals surface area contributed by atoms with Crippen molar-refractivity contribution >= 4 is 17.2 Å². The molecule has 0 aliphatic rings. The van der Waals surface area contributed by atoms with Crippen LogP contribution in [0, 0.1) is 11.3 Å². The standard InChI is InChI=1S/C11H10N4S/c1-15(2)10-6-8(7-12)13-11(14-10)9-4-3-5-16-9/h3-6H,1-2H3. The molecule has 0 saturated carbocycles. The zero-order valence-corrected chi connectivity index (χ0v) is 9.82. The van der Waals surface area contributed by atoms with Crippen LogP contribution in [0.3, 0.4) is 0 Å². The van der Waals surface area contributed by atoms with E-state index < -0.39 is 0 Å². The molecule has 0 aromatic carbocycles. The summed E-state index contributed by atoms with van der Waals surface area (Å²) in [5.41, 5.74) is 0.391. The summed E-state index contributed by atoms with van der Waals surface area (Å²) in [7, 11) is 3.78. The number of rotatable bonds is 2. The Labute approximate surface area is 97.8 Å². The van der Waals surface area contributed by atoms with Gasteiger partial charge < -0.3 is 4.90 Å². The molecule has 2 heterocycles. The first kappa shape index (κ1) is 10.6. The van der Waals surface area contributed by atoms with Crippen molar-refractivity contribution in [3.63, 3.8) is 0 Å². The number of aromatic nitrogens is 2. The smallest absolute Gasteiger partial charge is 0.172 e. The van der Waals surface area contributed by atoms with E-state index in [2.05, 4.69) is 16.0 Å². The molecule has 0 bridgehead atoms. The van der Waals surface area contributed by atoms with Crippen molar-refractivity contribution < 1.29 is 0 Å². The van der Waals surface area contributed by atoms with E-state index in [4.69, 9.17) is 5.26 Å². The fourth-order valence-corrected chi connectivity index (χ4v) is 1.89. The van der Waals surface area contributed by atoms with Gasteiger partial charge in [-0.15, -0.1) is 11.3 Å². The highest BCUT2D eigenvalue weighted by molar-refractivity contribution is 7.13. The van der Waals surface area contributed by atoms with E-state index in [9.17, 15) is 0 Å². The third kappa shape index (κ3) is 2.02. The lowest BCUT2D eigenvalue weighted by atomic mass is 10.3. The Balaban J connectivity index is 2.55. The van der Waals surface area contributed by atoms with Gasteiger partial charge in [0.1, 0.15) is 17.6 Å². The Morgan fingerprint density at radius 1 is 1.38 bits per heavy atom. The van der Waals surface area contributed by atoms with Crippen LogP contribution in [0.5, 0.6) is 0 Å². The highest BCUT2D eigenvalue weighted by atomic mass is 32.1. The highest BCUT2D eigenvalue weighted by Crippen LogP contribution is 2.23. The molecule has 0 aliphatic carbocycles. The Kier molecular flexibility index (Phi) is 2.84. The molecule has 2 aromatic heterocycles. The monoisotopic (exact) mass is 230 g/mol. The van der Waals surface area contributed by atoms with Gasteiger partial charge in [-0.05, 0) is 11.4 Å². The summed E-state index contributed by atoms with van der Waals surface area (Å²) < 4.78 is 0. The van der Waals surface area contributed by atoms with Gasteiger partial charge in [0, 0.05) is 20.2 Å². The Hall–Kier alpha value is -1.93. The molecule has 0 saturated heterocycles. The van der Waals surface area contributed by atoms with Gasteiger partial charge in [0.25, 0.3) is 0 Å². The van der Waals surface area contributed by atoms with Crippen LogP contribution < -0.4 is 4.90 Å². The minimum Gasteiger partial charge on any atom is -0.363 e. The number of thiophene rings is 1. The molecule has 0 radical (unpaired) electrons. The van der Waals surface area contributed by atoms with Crippen LogP contribution in [0.1, 0.15) is 5.69 Å². The fourth-order valence-electron chi connectivity index (χ4n) is 1.24. The number of nitrogens with zero attached hydrogens (tertiary/aromatic N) is 4. The SMILES string of the molecule is CN(C)c1cc(C#N)nc(-c2cccs2)n1. The molecular weight excluding hydrogens is 220 g/mol. The topological polar surface area (TPSA) is 52.8 Å². The van der Waals surface area contributed by atoms with E-state index in [0.29, 0.717) is 11.5 Å². The summed E-state index contributed by atoms with van der Waals surface area (Å²) in [6.07, 6.45) is 0. The molecule has 0 N–H and O–H groups in total. The third-order valence-corrected chi connectivity index (χ3v) is 2.89. The molecule has 2 rings (SSSR count). The van der Waals surface area contributed by atoms with Crippen molar-refractivity contribution in [1.82, 2.24) is 9.97 Å². The molecular formula is C11H10N4S. The van der Waals surface area contributed by atoms with Crippen LogP contribution in [0.2, 0.25) is 0 Å². The largest absolute Gasteiger partial charge is 0.363 e. The maximum absolute atomic E-state index is 8.91. The van der Waals surface area contributed by atoms with Gasteiger partial charge in [-0.1, -0.05) is 6.07 Å². The van der Waals surface area contributed by atoms with Gasteiger partial charge in [-0.25, -0.2) is 9.97 Å². The molecule has 80 valence electrons. The first-order valence-electron chi connectivity index (χ1n) is 4.71. The average molecular weight is 230 g/mol. The molecule has 5 heteroatoms. The van der Waals surface area contributed by atoms with Gasteiger partial charge >= 0.3 is 0 Å². The summed E-state index contributed by atoms with van der Waals surface area (Å²) in [5.74, 6) is 1.35. The molecule has 0 aliphatic heterocycles. The van der Waals surface area contributed by atoms with E-state index in [1.165, 1.54) is 0 Å². The molecule has 16 heavy (non-hydrogen) atoms. The van der Waals surface area contributed by atoms with Crippen LogP contribution >= 0.6 is 11.3 Å². The van der Waals surface area contributed by atoms with Gasteiger partial charge in [0.05, 0.1) is 4.88 Å². The second-order valence-electron chi connectivity index (χ2n) is 3.42. The summed E-state index contributed by atoms with van der Waals surface area (Å²) in [4.78, 5) is 11.4. The predicted octanol–water partition coefficient (Wildman–Crippen LogP) is 2.14. The van der Waals surface area contributed by atoms with Crippen LogP contribution in [0.25, 0.3) is 10.7 Å². The van der Waals surface area contributed by atoms with Gasteiger partial charge in [0.2, 0.25) is 0 Å². The van der Waals surface area contributed by atoms with Gasteiger partial charge in [-0.3, -0.25) is 0 Å². The molecule has 0 amide bonds. The van der Waals surface area contributed by atoms with Crippen molar-refractivity contribution in [3.8, 4) is 16.8 Å². The minimum absolute atomic E-state index is 0.391. The van der Waals surface area contributed by atoms with Crippen molar-refractivity contribution in [1.29, 1.82) is 5.26 Å². The highest BCUT2D eigenvalue weighted by Gasteiger charge is 2.08. The molecule has 0 fully saturated rings. The lowest BCUT2D eigenvalue weighted by Crippen LogP contribution is -2.12. The van der Waals surface area contributed by atoms with Crippen LogP contribution in [-0.2, 0) is 0 Å². The summed E-state index contributed by atoms with van der Waals surface area (Å²) in [6.45, 7) is 0. The first-order valence-corrected chi connectivity index (χ1v) is 5.59. The Morgan fingerprint density at radius 2 is 2.19 bits per heavy atom. The van der Waals surface area contributed by atoms with E-state index in [-0.39, 0.29) is 0 Å². The van der Waals surface area contributed by atoms with E-state index in [1.54, 1.807) is 17.4 Å². The number of nitriles is 1. The summed E-state index contributed by atoms with van der Waals surface area (Å²) >= 11 is 1.56. The molecule has 0 atom stereocenters. The maximum Gasteiger partial charge on any atom is 0.172 e. The zero-order chi connectivity index (χ0) is 11.5. The van der Waals surface area contributed by atoms with E-state index in [1.807, 2.05) is 36.5 Å². The minimum atomic E-state index is 0.391. The predicted molar refractivity (Wildman–Crippen MR) is 64.4 cm³/mol. The fraction of sp³-hybridized carbons (Fsp3) is 0.182. The average Bonchev–Trinajstić information content (AvgIpc) is 2.81. The van der Waals surface area contributed by atoms with Gasteiger partial charge in [0.15, 0.2) is 5.82 Å². The lowest BCUT2D eigenvalue weighted by molar-refractivity contribution is 1.04. The summed E-state index contributed by atoms with van der Waals surface area (Å²) in [6, 6.07) is 7.62. The van der Waals surface area contributed by atoms with Crippen LogP contribution in [0.15, 0.2) is 23.6 Å². The molecule has 0 unspecified atom stereocenters. The van der Waals surface area contributed by atoms with Gasteiger partial charge in [-0.2, -0.15) is 5.26 Å². The second kappa shape index (κ2) is 4.29. The van der Waals surface area contributed by atoms with E-state index >= 15 is 0 Å². The second-order valence-corrected chi connectivity index (χ2v) is 4.37. The van der Waals surface area contributed by atoms with Crippen molar-refractivity contribution in [2.24, 2.45) is 0 Å². The number of hydrogen-bond acceptors (Lipinski definition) is 5. The normalized spacial score (nSPS) is 9.81. The Morgan fingerprint density at radius 3 is 2.75 bits per heavy atom. The summed E-state index contributed by atoms with van der Waals surface area (Å²) in [5, 5.41) is 10.9. The zero-order valence-electron chi connectivity index (χ0n) is 9.01. The molecule has 0 spiro atoms. The Bertz CT molecular complexity index is 525.